The summed E-state index contributed by atoms with van der Waals surface area (Å²) < 4.78 is 14.1. The molecular weight excluding hydrogens is 334 g/mol. The maximum atomic E-state index is 14.1. The van der Waals surface area contributed by atoms with Crippen molar-refractivity contribution >= 4 is 46.7 Å². The second-order valence-electron chi connectivity index (χ2n) is 4.40. The lowest BCUT2D eigenvalue weighted by molar-refractivity contribution is -0.115. The van der Waals surface area contributed by atoms with E-state index in [1.165, 1.54) is 35.0 Å². The molecule has 3 rings (SSSR count). The van der Waals surface area contributed by atoms with E-state index in [0.29, 0.717) is 21.4 Å². The number of pyridine rings is 1. The lowest BCUT2D eigenvalue weighted by Gasteiger charge is -2.24. The van der Waals surface area contributed by atoms with Crippen molar-refractivity contribution in [1.29, 1.82) is 0 Å². The predicted octanol–water partition coefficient (Wildman–Crippen LogP) is 4.31. The second-order valence-corrected chi connectivity index (χ2v) is 6.31. The van der Waals surface area contributed by atoms with E-state index in [9.17, 15) is 9.18 Å². The number of hydrogen-bond acceptors (Lipinski definition) is 3. The molecule has 21 heavy (non-hydrogen) atoms. The second kappa shape index (κ2) is 5.83. The van der Waals surface area contributed by atoms with Crippen LogP contribution in [0.4, 0.5) is 10.2 Å². The zero-order valence-corrected chi connectivity index (χ0v) is 12.9. The van der Waals surface area contributed by atoms with Gasteiger partial charge in [-0.3, -0.25) is 9.69 Å². The first-order valence-electron chi connectivity index (χ1n) is 6.07. The van der Waals surface area contributed by atoms with E-state index in [2.05, 4.69) is 4.98 Å². The quantitative estimate of drug-likeness (QED) is 0.815. The van der Waals surface area contributed by atoms with Gasteiger partial charge in [0.05, 0.1) is 10.8 Å². The van der Waals surface area contributed by atoms with Crippen molar-refractivity contribution in [2.24, 2.45) is 0 Å². The molecule has 2 aromatic rings. The van der Waals surface area contributed by atoms with E-state index >= 15 is 0 Å². The number of carbonyl (C=O) groups is 1. The lowest BCUT2D eigenvalue weighted by Crippen LogP contribution is -2.29. The summed E-state index contributed by atoms with van der Waals surface area (Å²) >= 11 is 13.2. The minimum absolute atomic E-state index is 0.140. The number of carbonyl (C=O) groups excluding carboxylic acids is 1. The summed E-state index contributed by atoms with van der Waals surface area (Å²) in [5.74, 6) is 0.103. The van der Waals surface area contributed by atoms with Gasteiger partial charge in [-0.05, 0) is 24.3 Å². The highest BCUT2D eigenvalue weighted by molar-refractivity contribution is 8.00. The van der Waals surface area contributed by atoms with E-state index in [1.54, 1.807) is 18.2 Å². The first-order valence-corrected chi connectivity index (χ1v) is 7.87. The van der Waals surface area contributed by atoms with Crippen LogP contribution in [0.15, 0.2) is 36.5 Å². The predicted molar refractivity (Wildman–Crippen MR) is 83.3 cm³/mol. The van der Waals surface area contributed by atoms with Crippen LogP contribution in [0.3, 0.4) is 0 Å². The Kier molecular flexibility index (Phi) is 4.06. The Bertz CT molecular complexity index is 676. The van der Waals surface area contributed by atoms with Crippen molar-refractivity contribution in [2.75, 3.05) is 10.7 Å². The molecule has 1 aliphatic rings. The monoisotopic (exact) mass is 342 g/mol. The highest BCUT2D eigenvalue weighted by atomic mass is 35.5. The topological polar surface area (TPSA) is 33.2 Å². The van der Waals surface area contributed by atoms with Gasteiger partial charge in [-0.15, -0.1) is 11.8 Å². The van der Waals surface area contributed by atoms with Crippen LogP contribution in [-0.2, 0) is 4.79 Å². The summed E-state index contributed by atoms with van der Waals surface area (Å²) in [4.78, 5) is 17.7. The van der Waals surface area contributed by atoms with E-state index in [-0.39, 0.29) is 11.7 Å². The molecule has 1 aliphatic heterocycles. The van der Waals surface area contributed by atoms with Crippen molar-refractivity contribution < 1.29 is 9.18 Å². The van der Waals surface area contributed by atoms with Gasteiger partial charge >= 0.3 is 0 Å². The normalized spacial score (nSPS) is 18.3. The number of hydrogen-bond donors (Lipinski definition) is 0. The van der Waals surface area contributed by atoms with Crippen molar-refractivity contribution in [2.45, 2.75) is 5.37 Å². The highest BCUT2D eigenvalue weighted by Crippen LogP contribution is 2.44. The first kappa shape index (κ1) is 14.6. The van der Waals surface area contributed by atoms with Crippen LogP contribution in [0.1, 0.15) is 10.9 Å². The van der Waals surface area contributed by atoms with Crippen LogP contribution in [-0.4, -0.2) is 16.6 Å². The molecule has 1 unspecified atom stereocenters. The number of aromatic nitrogens is 1. The molecule has 2 heterocycles. The first-order chi connectivity index (χ1) is 10.1. The van der Waals surface area contributed by atoms with Gasteiger partial charge < -0.3 is 0 Å². The third-order valence-electron chi connectivity index (χ3n) is 3.07. The molecular formula is C14H9Cl2FN2OS. The van der Waals surface area contributed by atoms with Crippen LogP contribution in [0.5, 0.6) is 0 Å². The van der Waals surface area contributed by atoms with Gasteiger partial charge in [0.1, 0.15) is 17.0 Å². The minimum Gasteiger partial charge on any atom is -0.279 e. The Labute approximate surface area is 135 Å². The van der Waals surface area contributed by atoms with E-state index in [4.69, 9.17) is 23.2 Å². The van der Waals surface area contributed by atoms with Crippen LogP contribution in [0.25, 0.3) is 0 Å². The van der Waals surface area contributed by atoms with Crippen LogP contribution >= 0.6 is 35.0 Å². The van der Waals surface area contributed by atoms with Crippen molar-refractivity contribution in [1.82, 2.24) is 4.98 Å². The standard InChI is InChI=1S/C14H9Cl2FN2OS/c15-8-4-5-11(18-6-8)19-12(20)7-21-14(19)13-9(16)2-1-3-10(13)17/h1-6,14H,7H2. The van der Waals surface area contributed by atoms with Crippen molar-refractivity contribution in [3.8, 4) is 0 Å². The molecule has 1 saturated heterocycles. The molecule has 3 nitrogen and oxygen atoms in total. The Morgan fingerprint density at radius 2 is 2.10 bits per heavy atom. The average Bonchev–Trinajstić information content (AvgIpc) is 2.82. The summed E-state index contributed by atoms with van der Waals surface area (Å²) in [6.07, 6.45) is 1.45. The van der Waals surface area contributed by atoms with Gasteiger partial charge in [0.15, 0.2) is 0 Å². The summed E-state index contributed by atoms with van der Waals surface area (Å²) in [7, 11) is 0. The fraction of sp³-hybridized carbons (Fsp3) is 0.143. The SMILES string of the molecule is O=C1CSC(c2c(F)cccc2Cl)N1c1ccc(Cl)cn1. The molecule has 1 fully saturated rings. The molecule has 0 aliphatic carbocycles. The molecule has 1 aromatic carbocycles. The summed E-state index contributed by atoms with van der Waals surface area (Å²) in [5, 5.41) is 0.236. The van der Waals surface area contributed by atoms with Gasteiger partial charge in [0, 0.05) is 16.8 Å². The highest BCUT2D eigenvalue weighted by Gasteiger charge is 2.37. The molecule has 0 saturated carbocycles. The Morgan fingerprint density at radius 3 is 2.76 bits per heavy atom. The molecule has 1 amide bonds. The zero-order chi connectivity index (χ0) is 15.0. The van der Waals surface area contributed by atoms with E-state index in [1.807, 2.05) is 0 Å². The van der Waals surface area contributed by atoms with Gasteiger partial charge in [-0.2, -0.15) is 0 Å². The van der Waals surface area contributed by atoms with Gasteiger partial charge in [-0.25, -0.2) is 9.37 Å². The van der Waals surface area contributed by atoms with Crippen molar-refractivity contribution in [3.05, 3.63) is 58.0 Å². The maximum Gasteiger partial charge on any atom is 0.239 e. The summed E-state index contributed by atoms with van der Waals surface area (Å²) in [6, 6.07) is 7.75. The Balaban J connectivity index is 2.05. The Morgan fingerprint density at radius 1 is 1.29 bits per heavy atom. The smallest absolute Gasteiger partial charge is 0.239 e. The Hall–Kier alpha value is -1.30. The maximum absolute atomic E-state index is 14.1. The molecule has 7 heteroatoms. The molecule has 108 valence electrons. The molecule has 0 N–H and O–H groups in total. The third-order valence-corrected chi connectivity index (χ3v) is 4.80. The number of halogens is 3. The zero-order valence-electron chi connectivity index (χ0n) is 10.6. The van der Waals surface area contributed by atoms with E-state index < -0.39 is 11.2 Å². The van der Waals surface area contributed by atoms with Gasteiger partial charge in [-0.1, -0.05) is 29.3 Å². The molecule has 0 bridgehead atoms. The van der Waals surface area contributed by atoms with Gasteiger partial charge in [0.25, 0.3) is 0 Å². The minimum atomic E-state index is -0.528. The summed E-state index contributed by atoms with van der Waals surface area (Å²) in [6.45, 7) is 0. The fourth-order valence-electron chi connectivity index (χ4n) is 2.14. The number of benzene rings is 1. The molecule has 0 spiro atoms. The largest absolute Gasteiger partial charge is 0.279 e. The number of rotatable bonds is 2. The number of nitrogens with zero attached hydrogens (tertiary/aromatic N) is 2. The van der Waals surface area contributed by atoms with Gasteiger partial charge in [0.2, 0.25) is 5.91 Å². The fourth-order valence-corrected chi connectivity index (χ4v) is 3.81. The lowest BCUT2D eigenvalue weighted by atomic mass is 10.2. The molecule has 1 aromatic heterocycles. The van der Waals surface area contributed by atoms with E-state index in [0.717, 1.165) is 0 Å². The molecule has 0 radical (unpaired) electrons. The number of amides is 1. The van der Waals surface area contributed by atoms with Crippen LogP contribution < -0.4 is 4.90 Å². The third kappa shape index (κ3) is 2.73. The summed E-state index contributed by atoms with van der Waals surface area (Å²) in [5.41, 5.74) is 0.298. The van der Waals surface area contributed by atoms with Crippen molar-refractivity contribution in [3.63, 3.8) is 0 Å². The number of anilines is 1. The average molecular weight is 343 g/mol. The number of thioether (sulfide) groups is 1. The molecule has 1 atom stereocenters. The van der Waals surface area contributed by atoms with Crippen LogP contribution in [0.2, 0.25) is 10.0 Å². The van der Waals surface area contributed by atoms with Crippen LogP contribution in [0, 0.1) is 5.82 Å².